The Hall–Kier alpha value is -1.72. The third-order valence-corrected chi connectivity index (χ3v) is 4.28. The summed E-state index contributed by atoms with van der Waals surface area (Å²) in [6.45, 7) is 1.74. The zero-order valence-corrected chi connectivity index (χ0v) is 11.2. The van der Waals surface area contributed by atoms with Gasteiger partial charge in [-0.25, -0.2) is 17.5 Å². The number of nitrogens with one attached hydrogen (secondary N) is 1. The van der Waals surface area contributed by atoms with E-state index < -0.39 is 15.8 Å². The molecular weight excluding hydrogens is 265 g/mol. The van der Waals surface area contributed by atoms with Gasteiger partial charge in [0.1, 0.15) is 5.82 Å². The zero-order chi connectivity index (χ0) is 13.9. The summed E-state index contributed by atoms with van der Waals surface area (Å²) in [5, 5.41) is 0. The quantitative estimate of drug-likeness (QED) is 0.935. The highest BCUT2D eigenvalue weighted by atomic mass is 32.2. The Morgan fingerprint density at radius 3 is 2.37 bits per heavy atom. The number of halogens is 1. The highest BCUT2D eigenvalue weighted by Crippen LogP contribution is 2.17. The van der Waals surface area contributed by atoms with Gasteiger partial charge < -0.3 is 0 Å². The topological polar surface area (TPSA) is 46.2 Å². The summed E-state index contributed by atoms with van der Waals surface area (Å²) in [6.07, 6.45) is 0. The Morgan fingerprint density at radius 1 is 1.05 bits per heavy atom. The maximum Gasteiger partial charge on any atom is 0.241 e. The summed E-state index contributed by atoms with van der Waals surface area (Å²) in [4.78, 5) is -0.0738. The molecule has 0 bridgehead atoms. The molecular formula is C14H14FNO2S. The zero-order valence-electron chi connectivity index (χ0n) is 10.4. The van der Waals surface area contributed by atoms with E-state index in [2.05, 4.69) is 4.72 Å². The van der Waals surface area contributed by atoms with Crippen LogP contribution in [0, 0.1) is 5.82 Å². The average Bonchev–Trinajstić information content (AvgIpc) is 2.39. The first-order valence-corrected chi connectivity index (χ1v) is 7.30. The lowest BCUT2D eigenvalue weighted by Crippen LogP contribution is -2.26. The van der Waals surface area contributed by atoms with Gasteiger partial charge in [-0.2, -0.15) is 0 Å². The molecule has 2 rings (SSSR count). The van der Waals surface area contributed by atoms with Crippen molar-refractivity contribution in [3.63, 3.8) is 0 Å². The van der Waals surface area contributed by atoms with Crippen LogP contribution < -0.4 is 4.72 Å². The molecule has 5 heteroatoms. The molecule has 0 heterocycles. The van der Waals surface area contributed by atoms with Gasteiger partial charge in [-0.1, -0.05) is 36.4 Å². The van der Waals surface area contributed by atoms with Crippen LogP contribution in [0.4, 0.5) is 4.39 Å². The summed E-state index contributed by atoms with van der Waals surface area (Å²) in [5.41, 5.74) is 0.850. The predicted octanol–water partition coefficient (Wildman–Crippen LogP) is 2.87. The van der Waals surface area contributed by atoms with Gasteiger partial charge in [0, 0.05) is 6.04 Å². The van der Waals surface area contributed by atoms with Crippen molar-refractivity contribution in [2.24, 2.45) is 0 Å². The Kier molecular flexibility index (Phi) is 3.97. The van der Waals surface area contributed by atoms with E-state index in [4.69, 9.17) is 0 Å². The Balaban J connectivity index is 2.23. The van der Waals surface area contributed by atoms with Crippen LogP contribution in [0.3, 0.4) is 0 Å². The van der Waals surface area contributed by atoms with Crippen molar-refractivity contribution in [3.05, 3.63) is 66.0 Å². The van der Waals surface area contributed by atoms with Crippen LogP contribution in [-0.2, 0) is 10.0 Å². The standard InChI is InChI=1S/C14H14FNO2S/c1-11(12-6-3-2-4-7-12)16-19(17,18)14-9-5-8-13(15)10-14/h2-11,16H,1H3/t11-/m0/s1. The van der Waals surface area contributed by atoms with Crippen LogP contribution in [-0.4, -0.2) is 8.42 Å². The van der Waals surface area contributed by atoms with Crippen LogP contribution in [0.25, 0.3) is 0 Å². The van der Waals surface area contributed by atoms with E-state index in [1.807, 2.05) is 30.3 Å². The highest BCUT2D eigenvalue weighted by Gasteiger charge is 2.18. The normalized spacial score (nSPS) is 13.2. The van der Waals surface area contributed by atoms with E-state index in [0.717, 1.165) is 11.6 Å². The molecule has 2 aromatic rings. The first-order valence-electron chi connectivity index (χ1n) is 5.82. The van der Waals surface area contributed by atoms with Gasteiger partial charge in [0.15, 0.2) is 0 Å². The monoisotopic (exact) mass is 279 g/mol. The SMILES string of the molecule is C[C@H](NS(=O)(=O)c1cccc(F)c1)c1ccccc1. The fourth-order valence-electron chi connectivity index (χ4n) is 1.74. The molecule has 19 heavy (non-hydrogen) atoms. The molecule has 1 atom stereocenters. The van der Waals surface area contributed by atoms with Gasteiger partial charge in [-0.05, 0) is 30.7 Å². The molecule has 0 fully saturated rings. The second-order valence-electron chi connectivity index (χ2n) is 4.21. The molecule has 0 aromatic heterocycles. The van der Waals surface area contributed by atoms with Crippen molar-refractivity contribution in [1.82, 2.24) is 4.72 Å². The molecule has 1 N–H and O–H groups in total. The van der Waals surface area contributed by atoms with E-state index in [-0.39, 0.29) is 10.9 Å². The van der Waals surface area contributed by atoms with Crippen molar-refractivity contribution in [2.45, 2.75) is 17.9 Å². The lowest BCUT2D eigenvalue weighted by molar-refractivity contribution is 0.564. The highest BCUT2D eigenvalue weighted by molar-refractivity contribution is 7.89. The Labute approximate surface area is 112 Å². The maximum absolute atomic E-state index is 13.1. The molecule has 0 aliphatic heterocycles. The van der Waals surface area contributed by atoms with Crippen molar-refractivity contribution < 1.29 is 12.8 Å². The van der Waals surface area contributed by atoms with Crippen molar-refractivity contribution in [2.75, 3.05) is 0 Å². The lowest BCUT2D eigenvalue weighted by Gasteiger charge is -2.14. The maximum atomic E-state index is 13.1. The Morgan fingerprint density at radius 2 is 1.74 bits per heavy atom. The van der Waals surface area contributed by atoms with Gasteiger partial charge >= 0.3 is 0 Å². The molecule has 3 nitrogen and oxygen atoms in total. The molecule has 0 radical (unpaired) electrons. The summed E-state index contributed by atoms with van der Waals surface area (Å²) >= 11 is 0. The number of rotatable bonds is 4. The van der Waals surface area contributed by atoms with E-state index >= 15 is 0 Å². The smallest absolute Gasteiger partial charge is 0.207 e. The summed E-state index contributed by atoms with van der Waals surface area (Å²) in [7, 11) is -3.72. The summed E-state index contributed by atoms with van der Waals surface area (Å²) in [5.74, 6) is -0.574. The predicted molar refractivity (Wildman–Crippen MR) is 71.6 cm³/mol. The van der Waals surface area contributed by atoms with Gasteiger partial charge in [-0.15, -0.1) is 0 Å². The average molecular weight is 279 g/mol. The van der Waals surface area contributed by atoms with Crippen LogP contribution in [0.2, 0.25) is 0 Å². The van der Waals surface area contributed by atoms with Gasteiger partial charge in [-0.3, -0.25) is 0 Å². The van der Waals surface area contributed by atoms with Gasteiger partial charge in [0.25, 0.3) is 0 Å². The largest absolute Gasteiger partial charge is 0.241 e. The third kappa shape index (κ3) is 3.39. The Bertz CT molecular complexity index is 656. The first kappa shape index (κ1) is 13.7. The minimum atomic E-state index is -3.72. The van der Waals surface area contributed by atoms with Gasteiger partial charge in [0.05, 0.1) is 4.90 Å². The van der Waals surface area contributed by atoms with Crippen LogP contribution in [0.15, 0.2) is 59.5 Å². The van der Waals surface area contributed by atoms with Crippen molar-refractivity contribution in [1.29, 1.82) is 0 Å². The number of hydrogen-bond acceptors (Lipinski definition) is 2. The molecule has 0 spiro atoms. The molecule has 100 valence electrons. The second-order valence-corrected chi connectivity index (χ2v) is 5.93. The van der Waals surface area contributed by atoms with Crippen molar-refractivity contribution >= 4 is 10.0 Å². The number of sulfonamides is 1. The first-order chi connectivity index (χ1) is 8.99. The molecule has 0 aliphatic rings. The molecule has 0 unspecified atom stereocenters. The minimum absolute atomic E-state index is 0.0738. The second kappa shape index (κ2) is 5.50. The van der Waals surface area contributed by atoms with E-state index in [1.54, 1.807) is 6.92 Å². The van der Waals surface area contributed by atoms with Crippen LogP contribution in [0.5, 0.6) is 0 Å². The fourth-order valence-corrected chi connectivity index (χ4v) is 3.01. The lowest BCUT2D eigenvalue weighted by atomic mass is 10.1. The van der Waals surface area contributed by atoms with Crippen molar-refractivity contribution in [3.8, 4) is 0 Å². The summed E-state index contributed by atoms with van der Waals surface area (Å²) in [6, 6.07) is 13.8. The van der Waals surface area contributed by atoms with Gasteiger partial charge in [0.2, 0.25) is 10.0 Å². The summed E-state index contributed by atoms with van der Waals surface area (Å²) < 4.78 is 39.8. The van der Waals surface area contributed by atoms with Crippen LogP contribution in [0.1, 0.15) is 18.5 Å². The number of hydrogen-bond donors (Lipinski definition) is 1. The molecule has 0 aliphatic carbocycles. The number of benzene rings is 2. The fraction of sp³-hybridized carbons (Fsp3) is 0.143. The van der Waals surface area contributed by atoms with E-state index in [9.17, 15) is 12.8 Å². The molecule has 0 amide bonds. The van der Waals surface area contributed by atoms with E-state index in [0.29, 0.717) is 0 Å². The van der Waals surface area contributed by atoms with Crippen LogP contribution >= 0.6 is 0 Å². The molecule has 0 saturated carbocycles. The molecule has 0 saturated heterocycles. The minimum Gasteiger partial charge on any atom is -0.207 e. The third-order valence-electron chi connectivity index (χ3n) is 2.74. The van der Waals surface area contributed by atoms with E-state index in [1.165, 1.54) is 18.2 Å². The molecule has 2 aromatic carbocycles.